The predicted octanol–water partition coefficient (Wildman–Crippen LogP) is 2.70. The van der Waals surface area contributed by atoms with Crippen molar-refractivity contribution in [1.29, 1.82) is 0 Å². The number of fused-ring (bicyclic) bond motifs is 1. The summed E-state index contributed by atoms with van der Waals surface area (Å²) in [5, 5.41) is 21.2. The number of pyridine rings is 1. The van der Waals surface area contributed by atoms with E-state index in [1.807, 2.05) is 49.6 Å². The average molecular weight is 476 g/mol. The lowest BCUT2D eigenvalue weighted by Gasteiger charge is -2.22. The summed E-state index contributed by atoms with van der Waals surface area (Å²) in [7, 11) is 1.88. The third kappa shape index (κ3) is 6.78. The molecule has 0 saturated carbocycles. The van der Waals surface area contributed by atoms with Crippen molar-refractivity contribution in [3.05, 3.63) is 71.8 Å². The molecule has 1 unspecified atom stereocenters. The van der Waals surface area contributed by atoms with E-state index in [1.165, 1.54) is 0 Å². The van der Waals surface area contributed by atoms with Crippen LogP contribution in [-0.2, 0) is 29.6 Å². The van der Waals surface area contributed by atoms with Gasteiger partial charge in [0.1, 0.15) is 6.04 Å². The van der Waals surface area contributed by atoms with Gasteiger partial charge in [0.2, 0.25) is 5.91 Å². The van der Waals surface area contributed by atoms with Crippen molar-refractivity contribution < 1.29 is 27.9 Å². The topological polar surface area (TPSA) is 121 Å². The molecule has 1 aliphatic rings. The minimum atomic E-state index is -5.08. The smallest absolute Gasteiger partial charge is 0.475 e. The zero-order valence-electron chi connectivity index (χ0n) is 18.1. The molecule has 2 aromatic heterocycles. The summed E-state index contributed by atoms with van der Waals surface area (Å²) >= 11 is 0. The number of anilines is 2. The number of carboxylic acids is 1. The molecular weight excluding hydrogens is 453 g/mol. The lowest BCUT2D eigenvalue weighted by molar-refractivity contribution is -0.192. The van der Waals surface area contributed by atoms with Crippen molar-refractivity contribution in [2.75, 3.05) is 11.9 Å². The number of alkyl halides is 3. The molecule has 3 heterocycles. The highest BCUT2D eigenvalue weighted by atomic mass is 19.4. The quantitative estimate of drug-likeness (QED) is 0.447. The predicted molar refractivity (Wildman–Crippen MR) is 117 cm³/mol. The molecule has 4 N–H and O–H groups in total. The van der Waals surface area contributed by atoms with Crippen LogP contribution in [0, 0.1) is 0 Å². The van der Waals surface area contributed by atoms with Crippen LogP contribution in [0.3, 0.4) is 0 Å². The number of carbonyl (C=O) groups is 2. The Morgan fingerprint density at radius 3 is 2.38 bits per heavy atom. The third-order valence-corrected chi connectivity index (χ3v) is 4.85. The Bertz CT molecular complexity index is 1120. The van der Waals surface area contributed by atoms with Gasteiger partial charge in [0.25, 0.3) is 0 Å². The number of hydrogen-bond donors (Lipinski definition) is 4. The Kier molecular flexibility index (Phi) is 7.84. The van der Waals surface area contributed by atoms with Crippen molar-refractivity contribution in [2.24, 2.45) is 7.05 Å². The molecule has 4 rings (SSSR count). The van der Waals surface area contributed by atoms with E-state index in [-0.39, 0.29) is 11.9 Å². The van der Waals surface area contributed by atoms with Crippen molar-refractivity contribution >= 4 is 23.3 Å². The Hall–Kier alpha value is -3.93. The summed E-state index contributed by atoms with van der Waals surface area (Å²) < 4.78 is 33.5. The van der Waals surface area contributed by atoms with Crippen LogP contribution in [0.5, 0.6) is 0 Å². The molecule has 1 aliphatic heterocycles. The Morgan fingerprint density at radius 2 is 1.76 bits per heavy atom. The molecule has 0 bridgehead atoms. The maximum absolute atomic E-state index is 12.6. The third-order valence-electron chi connectivity index (χ3n) is 4.85. The molecule has 0 spiro atoms. The number of carbonyl (C=O) groups excluding carboxylic acids is 1. The second-order valence-corrected chi connectivity index (χ2v) is 7.42. The maximum atomic E-state index is 12.6. The van der Waals surface area contributed by atoms with Crippen LogP contribution < -0.4 is 16.0 Å². The van der Waals surface area contributed by atoms with Crippen LogP contribution in [0.1, 0.15) is 22.9 Å². The number of rotatable bonds is 5. The van der Waals surface area contributed by atoms with E-state index in [4.69, 9.17) is 9.90 Å². The molecular formula is C22H23F3N6O3. The molecule has 1 amide bonds. The minimum absolute atomic E-state index is 0.0251. The SMILES string of the molecule is Cn1cc2c(n1)CCNC2C(=O)NCc1ccc(Nc2ccncc2)cc1.O=C(O)C(F)(F)F. The molecule has 0 radical (unpaired) electrons. The zero-order chi connectivity index (χ0) is 24.7. The van der Waals surface area contributed by atoms with Crippen LogP contribution >= 0.6 is 0 Å². The standard InChI is InChI=1S/C20H22N6O.C2HF3O2/c1-26-13-17-18(25-26)8-11-22-19(17)20(27)23-12-14-2-4-15(5-3-14)24-16-6-9-21-10-7-16;3-2(4,5)1(6)7/h2-7,9-10,13,19,22H,8,11-12H2,1H3,(H,21,24)(H,23,27);(H,6,7). The first-order valence-electron chi connectivity index (χ1n) is 10.2. The Labute approximate surface area is 193 Å². The van der Waals surface area contributed by atoms with Crippen molar-refractivity contribution in [3.8, 4) is 0 Å². The number of halogens is 3. The summed E-state index contributed by atoms with van der Waals surface area (Å²) in [5.41, 5.74) is 5.00. The number of hydrogen-bond acceptors (Lipinski definition) is 6. The van der Waals surface area contributed by atoms with Gasteiger partial charge in [0, 0.05) is 62.1 Å². The van der Waals surface area contributed by atoms with Gasteiger partial charge < -0.3 is 21.1 Å². The zero-order valence-corrected chi connectivity index (χ0v) is 18.1. The van der Waals surface area contributed by atoms with Gasteiger partial charge in [0.15, 0.2) is 0 Å². The lowest BCUT2D eigenvalue weighted by Crippen LogP contribution is -2.40. The highest BCUT2D eigenvalue weighted by Gasteiger charge is 2.38. The molecule has 0 aliphatic carbocycles. The Balaban J connectivity index is 0.000000406. The summed E-state index contributed by atoms with van der Waals surface area (Å²) in [6.07, 6.45) is 1.19. The fourth-order valence-corrected chi connectivity index (χ4v) is 3.27. The van der Waals surface area contributed by atoms with Crippen molar-refractivity contribution in [1.82, 2.24) is 25.4 Å². The Morgan fingerprint density at radius 1 is 1.15 bits per heavy atom. The van der Waals surface area contributed by atoms with Gasteiger partial charge in [-0.3, -0.25) is 14.5 Å². The number of aryl methyl sites for hydroxylation is 1. The second kappa shape index (κ2) is 10.8. The molecule has 34 heavy (non-hydrogen) atoms. The first kappa shape index (κ1) is 24.7. The first-order chi connectivity index (χ1) is 16.1. The van der Waals surface area contributed by atoms with E-state index in [0.717, 1.165) is 41.2 Å². The van der Waals surface area contributed by atoms with Crippen LogP contribution in [0.15, 0.2) is 55.0 Å². The van der Waals surface area contributed by atoms with E-state index >= 15 is 0 Å². The highest BCUT2D eigenvalue weighted by molar-refractivity contribution is 5.83. The lowest BCUT2D eigenvalue weighted by atomic mass is 10.0. The maximum Gasteiger partial charge on any atom is 0.490 e. The number of aliphatic carboxylic acids is 1. The number of nitrogens with one attached hydrogen (secondary N) is 3. The summed E-state index contributed by atoms with van der Waals surface area (Å²) in [5.74, 6) is -2.78. The first-order valence-corrected chi connectivity index (χ1v) is 10.2. The van der Waals surface area contributed by atoms with Gasteiger partial charge in [-0.05, 0) is 29.8 Å². The van der Waals surface area contributed by atoms with Crippen LogP contribution in [0.2, 0.25) is 0 Å². The molecule has 9 nitrogen and oxygen atoms in total. The normalized spacial score (nSPS) is 14.9. The van der Waals surface area contributed by atoms with Crippen LogP contribution in [0.25, 0.3) is 0 Å². The van der Waals surface area contributed by atoms with Crippen molar-refractivity contribution in [3.63, 3.8) is 0 Å². The minimum Gasteiger partial charge on any atom is -0.475 e. The molecule has 180 valence electrons. The fourth-order valence-electron chi connectivity index (χ4n) is 3.27. The van der Waals surface area contributed by atoms with Gasteiger partial charge in [-0.15, -0.1) is 0 Å². The fraction of sp³-hybridized carbons (Fsp3) is 0.273. The molecule has 12 heteroatoms. The summed E-state index contributed by atoms with van der Waals surface area (Å²) in [6.45, 7) is 1.25. The van der Waals surface area contributed by atoms with E-state index < -0.39 is 12.1 Å². The average Bonchev–Trinajstić information content (AvgIpc) is 3.19. The van der Waals surface area contributed by atoms with Crippen LogP contribution in [0.4, 0.5) is 24.5 Å². The molecule has 3 aromatic rings. The number of aromatic nitrogens is 3. The van der Waals surface area contributed by atoms with Gasteiger partial charge >= 0.3 is 12.1 Å². The van der Waals surface area contributed by atoms with Gasteiger partial charge in [-0.1, -0.05) is 12.1 Å². The van der Waals surface area contributed by atoms with E-state index in [9.17, 15) is 18.0 Å². The van der Waals surface area contributed by atoms with Gasteiger partial charge in [-0.25, -0.2) is 4.79 Å². The second-order valence-electron chi connectivity index (χ2n) is 7.42. The van der Waals surface area contributed by atoms with Crippen LogP contribution in [-0.4, -0.2) is 44.5 Å². The monoisotopic (exact) mass is 476 g/mol. The summed E-state index contributed by atoms with van der Waals surface area (Å²) in [6, 6.07) is 11.5. The van der Waals surface area contributed by atoms with E-state index in [2.05, 4.69) is 26.0 Å². The van der Waals surface area contributed by atoms with E-state index in [0.29, 0.717) is 6.54 Å². The molecule has 0 fully saturated rings. The van der Waals surface area contributed by atoms with E-state index in [1.54, 1.807) is 17.1 Å². The number of carboxylic acid groups (broad SMARTS) is 1. The molecule has 1 atom stereocenters. The molecule has 1 aromatic carbocycles. The number of benzene rings is 1. The molecule has 0 saturated heterocycles. The van der Waals surface area contributed by atoms with Crippen molar-refractivity contribution in [2.45, 2.75) is 25.2 Å². The largest absolute Gasteiger partial charge is 0.490 e. The van der Waals surface area contributed by atoms with Gasteiger partial charge in [-0.2, -0.15) is 18.3 Å². The summed E-state index contributed by atoms with van der Waals surface area (Å²) in [4.78, 5) is 25.5. The highest BCUT2D eigenvalue weighted by Crippen LogP contribution is 2.22. The van der Waals surface area contributed by atoms with Gasteiger partial charge in [0.05, 0.1) is 5.69 Å². The number of nitrogens with zero attached hydrogens (tertiary/aromatic N) is 3. The number of amides is 1.